The quantitative estimate of drug-likeness (QED) is 0.795. The highest BCUT2D eigenvalue weighted by Gasteiger charge is 2.25. The second-order valence-corrected chi connectivity index (χ2v) is 6.06. The van der Waals surface area contributed by atoms with Gasteiger partial charge in [-0.15, -0.1) is 0 Å². The smallest absolute Gasteiger partial charge is 0.306 e. The molecule has 0 radical (unpaired) electrons. The summed E-state index contributed by atoms with van der Waals surface area (Å²) in [6, 6.07) is 10.8. The SMILES string of the molecule is CCOC(=O)CC1Cc2ccc(OC)cc2Cc2cc(F)ccc21. The van der Waals surface area contributed by atoms with Gasteiger partial charge in [0.1, 0.15) is 11.6 Å². The van der Waals surface area contributed by atoms with Crippen molar-refractivity contribution in [2.24, 2.45) is 0 Å². The Bertz CT molecular complexity index is 755. The Balaban J connectivity index is 2.01. The number of hydrogen-bond acceptors (Lipinski definition) is 3. The number of carbonyl (C=O) groups is 1. The summed E-state index contributed by atoms with van der Waals surface area (Å²) in [6.45, 7) is 2.17. The van der Waals surface area contributed by atoms with Crippen molar-refractivity contribution in [1.29, 1.82) is 0 Å². The van der Waals surface area contributed by atoms with E-state index in [1.54, 1.807) is 26.2 Å². The van der Waals surface area contributed by atoms with Crippen molar-refractivity contribution in [2.75, 3.05) is 13.7 Å². The number of fused-ring (bicyclic) bond motifs is 2. The highest BCUT2D eigenvalue weighted by atomic mass is 19.1. The van der Waals surface area contributed by atoms with E-state index in [1.165, 1.54) is 11.6 Å². The minimum atomic E-state index is -0.255. The van der Waals surface area contributed by atoms with Crippen molar-refractivity contribution in [3.8, 4) is 5.75 Å². The summed E-state index contributed by atoms with van der Waals surface area (Å²) in [6.07, 6.45) is 1.67. The lowest BCUT2D eigenvalue weighted by Crippen LogP contribution is -2.13. The summed E-state index contributed by atoms with van der Waals surface area (Å²) in [4.78, 5) is 12.0. The predicted molar refractivity (Wildman–Crippen MR) is 89.9 cm³/mol. The molecular formula is C20H21FO3. The molecule has 0 heterocycles. The number of methoxy groups -OCH3 is 1. The van der Waals surface area contributed by atoms with Crippen molar-refractivity contribution < 1.29 is 18.7 Å². The topological polar surface area (TPSA) is 35.5 Å². The summed E-state index contributed by atoms with van der Waals surface area (Å²) in [5, 5.41) is 0. The van der Waals surface area contributed by atoms with Crippen LogP contribution < -0.4 is 4.74 Å². The molecule has 126 valence electrons. The highest BCUT2D eigenvalue weighted by Crippen LogP contribution is 2.35. The van der Waals surface area contributed by atoms with Gasteiger partial charge in [0, 0.05) is 0 Å². The maximum atomic E-state index is 13.7. The van der Waals surface area contributed by atoms with E-state index in [0.717, 1.165) is 28.9 Å². The van der Waals surface area contributed by atoms with Crippen LogP contribution in [0, 0.1) is 5.82 Å². The zero-order valence-corrected chi connectivity index (χ0v) is 14.0. The zero-order valence-electron chi connectivity index (χ0n) is 14.0. The number of esters is 1. The molecule has 1 atom stereocenters. The van der Waals surface area contributed by atoms with Crippen molar-refractivity contribution in [3.05, 3.63) is 64.5 Å². The maximum Gasteiger partial charge on any atom is 0.306 e. The van der Waals surface area contributed by atoms with Gasteiger partial charge in [-0.05, 0) is 72.2 Å². The lowest BCUT2D eigenvalue weighted by atomic mass is 9.89. The Morgan fingerprint density at radius 2 is 2.00 bits per heavy atom. The number of hydrogen-bond donors (Lipinski definition) is 0. The van der Waals surface area contributed by atoms with Crippen LogP contribution >= 0.6 is 0 Å². The number of carbonyl (C=O) groups excluding carboxylic acids is 1. The molecule has 0 aromatic heterocycles. The predicted octanol–water partition coefficient (Wildman–Crippen LogP) is 4.02. The Labute approximate surface area is 141 Å². The molecule has 0 saturated heterocycles. The van der Waals surface area contributed by atoms with Crippen LogP contribution in [0.1, 0.15) is 41.5 Å². The van der Waals surface area contributed by atoms with Gasteiger partial charge < -0.3 is 9.47 Å². The molecule has 2 aromatic rings. The van der Waals surface area contributed by atoms with E-state index in [9.17, 15) is 9.18 Å². The van der Waals surface area contributed by atoms with Crippen LogP contribution in [-0.4, -0.2) is 19.7 Å². The van der Waals surface area contributed by atoms with Gasteiger partial charge in [-0.2, -0.15) is 0 Å². The Kier molecular flexibility index (Phi) is 4.84. The molecule has 3 nitrogen and oxygen atoms in total. The molecule has 0 aliphatic heterocycles. The van der Waals surface area contributed by atoms with Crippen molar-refractivity contribution in [1.82, 2.24) is 0 Å². The second-order valence-electron chi connectivity index (χ2n) is 6.06. The van der Waals surface area contributed by atoms with Crippen LogP contribution in [0.25, 0.3) is 0 Å². The fourth-order valence-electron chi connectivity index (χ4n) is 3.40. The van der Waals surface area contributed by atoms with Gasteiger partial charge in [-0.25, -0.2) is 4.39 Å². The molecule has 2 aromatic carbocycles. The van der Waals surface area contributed by atoms with Gasteiger partial charge in [-0.1, -0.05) is 12.1 Å². The maximum absolute atomic E-state index is 13.7. The van der Waals surface area contributed by atoms with Crippen molar-refractivity contribution >= 4 is 5.97 Å². The van der Waals surface area contributed by atoms with Gasteiger partial charge in [0.15, 0.2) is 0 Å². The summed E-state index contributed by atoms with van der Waals surface area (Å²) >= 11 is 0. The van der Waals surface area contributed by atoms with E-state index in [0.29, 0.717) is 19.4 Å². The average Bonchev–Trinajstić information content (AvgIpc) is 2.70. The first-order valence-electron chi connectivity index (χ1n) is 8.20. The number of ether oxygens (including phenoxy) is 2. The molecule has 1 aliphatic carbocycles. The first-order valence-corrected chi connectivity index (χ1v) is 8.20. The van der Waals surface area contributed by atoms with E-state index in [1.807, 2.05) is 18.2 Å². The fraction of sp³-hybridized carbons (Fsp3) is 0.350. The van der Waals surface area contributed by atoms with E-state index in [4.69, 9.17) is 9.47 Å². The van der Waals surface area contributed by atoms with E-state index >= 15 is 0 Å². The van der Waals surface area contributed by atoms with Crippen LogP contribution in [0.4, 0.5) is 4.39 Å². The molecule has 1 aliphatic rings. The summed E-state index contributed by atoms with van der Waals surface area (Å²) < 4.78 is 24.2. The van der Waals surface area contributed by atoms with E-state index in [2.05, 4.69) is 0 Å². The minimum absolute atomic E-state index is 0.00528. The van der Waals surface area contributed by atoms with Crippen LogP contribution in [0.3, 0.4) is 0 Å². The average molecular weight is 328 g/mol. The standard InChI is InChI=1S/C20H21FO3/c1-3-24-20(22)12-16-8-13-4-6-18(23-2)11-14(13)9-15-10-17(21)5-7-19(15)16/h4-7,10-11,16H,3,8-9,12H2,1-2H3. The molecule has 0 saturated carbocycles. The zero-order chi connectivity index (χ0) is 17.1. The Hall–Kier alpha value is -2.36. The van der Waals surface area contributed by atoms with E-state index in [-0.39, 0.29) is 17.7 Å². The third kappa shape index (κ3) is 3.42. The van der Waals surface area contributed by atoms with Gasteiger partial charge in [0.2, 0.25) is 0 Å². The number of halogens is 1. The van der Waals surface area contributed by atoms with E-state index < -0.39 is 0 Å². The lowest BCUT2D eigenvalue weighted by molar-refractivity contribution is -0.143. The van der Waals surface area contributed by atoms with Gasteiger partial charge in [0.25, 0.3) is 0 Å². The summed E-state index contributed by atoms with van der Waals surface area (Å²) in [7, 11) is 1.63. The van der Waals surface area contributed by atoms with Crippen LogP contribution in [-0.2, 0) is 22.4 Å². The van der Waals surface area contributed by atoms with Crippen LogP contribution in [0.5, 0.6) is 5.75 Å². The molecule has 0 N–H and O–H groups in total. The lowest BCUT2D eigenvalue weighted by Gasteiger charge is -2.17. The van der Waals surface area contributed by atoms with Crippen LogP contribution in [0.15, 0.2) is 36.4 Å². The summed E-state index contributed by atoms with van der Waals surface area (Å²) in [5.74, 6) is 0.314. The fourth-order valence-corrected chi connectivity index (χ4v) is 3.40. The molecule has 24 heavy (non-hydrogen) atoms. The monoisotopic (exact) mass is 328 g/mol. The molecule has 4 heteroatoms. The first-order chi connectivity index (χ1) is 11.6. The molecule has 0 amide bonds. The molecule has 0 bridgehead atoms. The Morgan fingerprint density at radius 1 is 1.17 bits per heavy atom. The normalized spacial score (nSPS) is 15.9. The molecular weight excluding hydrogens is 307 g/mol. The van der Waals surface area contributed by atoms with Crippen LogP contribution in [0.2, 0.25) is 0 Å². The minimum Gasteiger partial charge on any atom is -0.497 e. The number of benzene rings is 2. The third-order valence-electron chi connectivity index (χ3n) is 4.52. The highest BCUT2D eigenvalue weighted by molar-refractivity contribution is 5.71. The van der Waals surface area contributed by atoms with Gasteiger partial charge in [0.05, 0.1) is 20.1 Å². The Morgan fingerprint density at radius 3 is 2.75 bits per heavy atom. The summed E-state index contributed by atoms with van der Waals surface area (Å²) in [5.41, 5.74) is 4.24. The molecule has 3 rings (SSSR count). The molecule has 0 fully saturated rings. The van der Waals surface area contributed by atoms with Gasteiger partial charge in [-0.3, -0.25) is 4.79 Å². The number of rotatable bonds is 4. The second kappa shape index (κ2) is 7.04. The molecule has 0 spiro atoms. The van der Waals surface area contributed by atoms with Crippen molar-refractivity contribution in [2.45, 2.75) is 32.1 Å². The largest absolute Gasteiger partial charge is 0.497 e. The van der Waals surface area contributed by atoms with Crippen molar-refractivity contribution in [3.63, 3.8) is 0 Å². The first kappa shape index (κ1) is 16.5. The molecule has 1 unspecified atom stereocenters. The van der Waals surface area contributed by atoms with Gasteiger partial charge >= 0.3 is 5.97 Å². The third-order valence-corrected chi connectivity index (χ3v) is 4.52.